The normalized spacial score (nSPS) is 11.8. The summed E-state index contributed by atoms with van der Waals surface area (Å²) >= 11 is 0. The monoisotopic (exact) mass is 305 g/mol. The molecule has 0 saturated heterocycles. The molecule has 2 aromatic carbocycles. The molecule has 2 rings (SSSR count). The number of benzene rings is 2. The molecule has 0 spiro atoms. The fourth-order valence-corrected chi connectivity index (χ4v) is 2.33. The van der Waals surface area contributed by atoms with Crippen LogP contribution in [0.15, 0.2) is 60.7 Å². The Morgan fingerprint density at radius 1 is 1.17 bits per heavy atom. The van der Waals surface area contributed by atoms with Gasteiger partial charge in [0.15, 0.2) is 0 Å². The summed E-state index contributed by atoms with van der Waals surface area (Å²) in [5.74, 6) is -0.403. The molecule has 1 unspecified atom stereocenters. The predicted molar refractivity (Wildman–Crippen MR) is 90.4 cm³/mol. The van der Waals surface area contributed by atoms with Gasteiger partial charge in [-0.2, -0.15) is 5.26 Å². The molecule has 0 radical (unpaired) electrons. The minimum atomic E-state index is -0.403. The van der Waals surface area contributed by atoms with Gasteiger partial charge in [0, 0.05) is 11.6 Å². The van der Waals surface area contributed by atoms with Crippen molar-refractivity contribution in [1.82, 2.24) is 0 Å². The van der Waals surface area contributed by atoms with Crippen molar-refractivity contribution < 1.29 is 9.53 Å². The second kappa shape index (κ2) is 8.55. The molecule has 0 bridgehead atoms. The molecule has 0 aromatic heterocycles. The van der Waals surface area contributed by atoms with Crippen LogP contribution < -0.4 is 0 Å². The minimum absolute atomic E-state index is 0.399. The number of nitrogens with zero attached hydrogens (tertiary/aromatic N) is 1. The summed E-state index contributed by atoms with van der Waals surface area (Å²) in [5.41, 5.74) is 2.25. The molecule has 0 aliphatic carbocycles. The number of carbonyl (C=O) groups is 1. The van der Waals surface area contributed by atoms with E-state index in [2.05, 4.69) is 6.07 Å². The Hall–Kier alpha value is -2.86. The molecule has 0 aliphatic rings. The van der Waals surface area contributed by atoms with Crippen LogP contribution in [0.1, 0.15) is 42.6 Å². The van der Waals surface area contributed by atoms with Gasteiger partial charge in [0.05, 0.1) is 11.6 Å². The fourth-order valence-electron chi connectivity index (χ4n) is 2.33. The summed E-state index contributed by atoms with van der Waals surface area (Å²) in [6.07, 6.45) is 4.29. The van der Waals surface area contributed by atoms with Gasteiger partial charge < -0.3 is 4.74 Å². The van der Waals surface area contributed by atoms with Crippen LogP contribution in [0, 0.1) is 11.3 Å². The molecule has 3 heteroatoms. The summed E-state index contributed by atoms with van der Waals surface area (Å²) in [7, 11) is 0. The molecular formula is C20H19NO2. The van der Waals surface area contributed by atoms with Crippen molar-refractivity contribution in [2.75, 3.05) is 0 Å². The van der Waals surface area contributed by atoms with Crippen molar-refractivity contribution in [3.8, 4) is 6.07 Å². The molecule has 0 amide bonds. The highest BCUT2D eigenvalue weighted by molar-refractivity contribution is 5.87. The number of hydrogen-bond donors (Lipinski definition) is 0. The molecule has 23 heavy (non-hydrogen) atoms. The molecular weight excluding hydrogens is 286 g/mol. The summed E-state index contributed by atoms with van der Waals surface area (Å²) in [4.78, 5) is 12.1. The zero-order valence-corrected chi connectivity index (χ0v) is 13.1. The van der Waals surface area contributed by atoms with Crippen LogP contribution in [0.4, 0.5) is 0 Å². The van der Waals surface area contributed by atoms with Gasteiger partial charge in [-0.3, -0.25) is 0 Å². The van der Waals surface area contributed by atoms with Crippen molar-refractivity contribution in [3.05, 3.63) is 77.4 Å². The van der Waals surface area contributed by atoms with Crippen molar-refractivity contribution >= 4 is 12.0 Å². The van der Waals surface area contributed by atoms with Crippen molar-refractivity contribution in [2.24, 2.45) is 0 Å². The molecule has 0 fully saturated rings. The lowest BCUT2D eigenvalue weighted by molar-refractivity contribution is -0.143. The Morgan fingerprint density at radius 2 is 1.87 bits per heavy atom. The molecule has 2 aromatic rings. The lowest BCUT2D eigenvalue weighted by Crippen LogP contribution is -2.10. The van der Waals surface area contributed by atoms with Crippen molar-refractivity contribution in [3.63, 3.8) is 0 Å². The Bertz CT molecular complexity index is 714. The molecule has 0 heterocycles. The number of nitriles is 1. The Balaban J connectivity index is 2.12. The summed E-state index contributed by atoms with van der Waals surface area (Å²) in [6.45, 7) is 2.02. The average molecular weight is 305 g/mol. The standard InChI is InChI=1S/C20H19NO2/c1-2-8-19(18-12-7-6-11-17(18)15-21)23-20(22)14-13-16-9-4-3-5-10-16/h3-7,9-14,19H,2,8H2,1H3/b14-13+. The van der Waals surface area contributed by atoms with Gasteiger partial charge in [0.25, 0.3) is 0 Å². The van der Waals surface area contributed by atoms with Gasteiger partial charge >= 0.3 is 5.97 Å². The third-order valence-electron chi connectivity index (χ3n) is 3.45. The molecule has 0 saturated carbocycles. The van der Waals surface area contributed by atoms with E-state index < -0.39 is 12.1 Å². The van der Waals surface area contributed by atoms with Gasteiger partial charge in [-0.25, -0.2) is 4.79 Å². The van der Waals surface area contributed by atoms with E-state index in [0.717, 1.165) is 17.5 Å². The SMILES string of the molecule is CCCC(OC(=O)/C=C/c1ccccc1)c1ccccc1C#N. The van der Waals surface area contributed by atoms with Crippen LogP contribution in [0.3, 0.4) is 0 Å². The highest BCUT2D eigenvalue weighted by Crippen LogP contribution is 2.26. The van der Waals surface area contributed by atoms with Gasteiger partial charge in [-0.1, -0.05) is 61.9 Å². The first-order chi connectivity index (χ1) is 11.2. The van der Waals surface area contributed by atoms with Crippen molar-refractivity contribution in [1.29, 1.82) is 5.26 Å². The zero-order chi connectivity index (χ0) is 16.5. The maximum absolute atomic E-state index is 12.1. The Kier molecular flexibility index (Phi) is 6.14. The lowest BCUT2D eigenvalue weighted by Gasteiger charge is -2.17. The number of rotatable bonds is 6. The molecule has 0 aliphatic heterocycles. The molecule has 116 valence electrons. The van der Waals surface area contributed by atoms with Crippen LogP contribution in [0.5, 0.6) is 0 Å². The maximum atomic E-state index is 12.1. The Labute approximate surface area is 136 Å². The quantitative estimate of drug-likeness (QED) is 0.576. The highest BCUT2D eigenvalue weighted by Gasteiger charge is 2.17. The van der Waals surface area contributed by atoms with E-state index in [0.29, 0.717) is 12.0 Å². The van der Waals surface area contributed by atoms with E-state index in [-0.39, 0.29) is 0 Å². The molecule has 3 nitrogen and oxygen atoms in total. The van der Waals surface area contributed by atoms with Gasteiger partial charge in [-0.05, 0) is 24.1 Å². The van der Waals surface area contributed by atoms with E-state index in [1.54, 1.807) is 12.1 Å². The minimum Gasteiger partial charge on any atom is -0.454 e. The average Bonchev–Trinajstić information content (AvgIpc) is 2.60. The van der Waals surface area contributed by atoms with E-state index >= 15 is 0 Å². The summed E-state index contributed by atoms with van der Waals surface area (Å²) < 4.78 is 5.56. The zero-order valence-electron chi connectivity index (χ0n) is 13.1. The first-order valence-electron chi connectivity index (χ1n) is 7.67. The van der Waals surface area contributed by atoms with Gasteiger partial charge in [0.2, 0.25) is 0 Å². The first-order valence-corrected chi connectivity index (χ1v) is 7.67. The third kappa shape index (κ3) is 4.82. The summed E-state index contributed by atoms with van der Waals surface area (Å²) in [5, 5.41) is 9.22. The van der Waals surface area contributed by atoms with Gasteiger partial charge in [0.1, 0.15) is 6.10 Å². The van der Waals surface area contributed by atoms with Crippen LogP contribution in [-0.4, -0.2) is 5.97 Å². The number of hydrogen-bond acceptors (Lipinski definition) is 3. The number of ether oxygens (including phenoxy) is 1. The van der Waals surface area contributed by atoms with E-state index in [1.165, 1.54) is 6.08 Å². The summed E-state index contributed by atoms with van der Waals surface area (Å²) in [6, 6.07) is 19.0. The van der Waals surface area contributed by atoms with E-state index in [1.807, 2.05) is 55.5 Å². The van der Waals surface area contributed by atoms with Crippen LogP contribution in [-0.2, 0) is 9.53 Å². The van der Waals surface area contributed by atoms with E-state index in [9.17, 15) is 10.1 Å². The maximum Gasteiger partial charge on any atom is 0.331 e. The van der Waals surface area contributed by atoms with Crippen LogP contribution in [0.25, 0.3) is 6.08 Å². The third-order valence-corrected chi connectivity index (χ3v) is 3.45. The van der Waals surface area contributed by atoms with Crippen LogP contribution in [0.2, 0.25) is 0 Å². The Morgan fingerprint density at radius 3 is 2.57 bits per heavy atom. The molecule has 0 N–H and O–H groups in total. The van der Waals surface area contributed by atoms with Crippen molar-refractivity contribution in [2.45, 2.75) is 25.9 Å². The van der Waals surface area contributed by atoms with Crippen LogP contribution >= 0.6 is 0 Å². The smallest absolute Gasteiger partial charge is 0.331 e. The van der Waals surface area contributed by atoms with E-state index in [4.69, 9.17) is 4.74 Å². The highest BCUT2D eigenvalue weighted by atomic mass is 16.5. The second-order valence-electron chi connectivity index (χ2n) is 5.16. The topological polar surface area (TPSA) is 50.1 Å². The largest absolute Gasteiger partial charge is 0.454 e. The predicted octanol–water partition coefficient (Wildman–Crippen LogP) is 4.66. The lowest BCUT2D eigenvalue weighted by atomic mass is 10.00. The number of carbonyl (C=O) groups excluding carboxylic acids is 1. The fraction of sp³-hybridized carbons (Fsp3) is 0.200. The van der Waals surface area contributed by atoms with Gasteiger partial charge in [-0.15, -0.1) is 0 Å². The first kappa shape index (κ1) is 16.5. The second-order valence-corrected chi connectivity index (χ2v) is 5.16. The molecule has 1 atom stereocenters. The number of esters is 1.